The van der Waals surface area contributed by atoms with Crippen molar-refractivity contribution in [2.24, 2.45) is 5.92 Å². The quantitative estimate of drug-likeness (QED) is 0.893. The molecule has 3 rings (SSSR count). The predicted molar refractivity (Wildman–Crippen MR) is 80.9 cm³/mol. The number of fused-ring (bicyclic) bond motifs is 1. The van der Waals surface area contributed by atoms with Crippen molar-refractivity contribution < 1.29 is 5.11 Å². The maximum absolute atomic E-state index is 9.89. The standard InChI is InChI=1S/C15H20ClNOS/c16-11-4-5-15-12(8-11)13(6-7-19-15)17-9-10-2-1-3-14(10)18/h4-5,8,10,13-14,17-18H,1-3,6-7,9H2. The van der Waals surface area contributed by atoms with Gasteiger partial charge in [-0.3, -0.25) is 0 Å². The molecular weight excluding hydrogens is 278 g/mol. The molecule has 0 spiro atoms. The van der Waals surface area contributed by atoms with Gasteiger partial charge in [0, 0.05) is 22.5 Å². The summed E-state index contributed by atoms with van der Waals surface area (Å²) in [6.45, 7) is 0.919. The molecule has 1 aliphatic carbocycles. The summed E-state index contributed by atoms with van der Waals surface area (Å²) in [6, 6.07) is 6.57. The van der Waals surface area contributed by atoms with Crippen LogP contribution in [0.4, 0.5) is 0 Å². The number of halogens is 1. The summed E-state index contributed by atoms with van der Waals surface area (Å²) < 4.78 is 0. The van der Waals surface area contributed by atoms with Crippen LogP contribution >= 0.6 is 23.4 Å². The van der Waals surface area contributed by atoms with Gasteiger partial charge in [0.2, 0.25) is 0 Å². The van der Waals surface area contributed by atoms with Gasteiger partial charge < -0.3 is 10.4 Å². The lowest BCUT2D eigenvalue weighted by atomic mass is 10.0. The van der Waals surface area contributed by atoms with E-state index >= 15 is 0 Å². The monoisotopic (exact) mass is 297 g/mol. The Kier molecular flexibility index (Phi) is 4.37. The predicted octanol–water partition coefficient (Wildman–Crippen LogP) is 3.63. The molecule has 1 fully saturated rings. The van der Waals surface area contributed by atoms with E-state index in [4.69, 9.17) is 11.6 Å². The number of aliphatic hydroxyl groups is 1. The smallest absolute Gasteiger partial charge is 0.0580 e. The van der Waals surface area contributed by atoms with Gasteiger partial charge in [-0.2, -0.15) is 0 Å². The second kappa shape index (κ2) is 6.04. The minimum atomic E-state index is -0.107. The van der Waals surface area contributed by atoms with Gasteiger partial charge in [-0.15, -0.1) is 11.8 Å². The molecule has 0 bridgehead atoms. The van der Waals surface area contributed by atoms with Crippen molar-refractivity contribution in [1.82, 2.24) is 5.32 Å². The molecule has 1 aliphatic heterocycles. The summed E-state index contributed by atoms with van der Waals surface area (Å²) >= 11 is 8.03. The number of aliphatic hydroxyl groups excluding tert-OH is 1. The molecule has 104 valence electrons. The Morgan fingerprint density at radius 2 is 2.21 bits per heavy atom. The van der Waals surface area contributed by atoms with E-state index in [1.54, 1.807) is 0 Å². The van der Waals surface area contributed by atoms with Gasteiger partial charge in [0.05, 0.1) is 6.10 Å². The number of hydrogen-bond acceptors (Lipinski definition) is 3. The minimum Gasteiger partial charge on any atom is -0.393 e. The molecule has 3 unspecified atom stereocenters. The molecule has 0 amide bonds. The van der Waals surface area contributed by atoms with Crippen LogP contribution in [0.5, 0.6) is 0 Å². The van der Waals surface area contributed by atoms with E-state index in [9.17, 15) is 5.11 Å². The Morgan fingerprint density at radius 3 is 3.00 bits per heavy atom. The summed E-state index contributed by atoms with van der Waals surface area (Å²) in [5.41, 5.74) is 1.33. The third kappa shape index (κ3) is 3.10. The first-order valence-corrected chi connectivity index (χ1v) is 8.44. The SMILES string of the molecule is OC1CCCC1CNC1CCSc2ccc(Cl)cc21. The van der Waals surface area contributed by atoms with E-state index in [1.807, 2.05) is 17.8 Å². The highest BCUT2D eigenvalue weighted by atomic mass is 35.5. The first kappa shape index (κ1) is 13.7. The van der Waals surface area contributed by atoms with E-state index < -0.39 is 0 Å². The zero-order chi connectivity index (χ0) is 13.2. The normalized spacial score (nSPS) is 30.3. The Hall–Kier alpha value is -0.220. The summed E-state index contributed by atoms with van der Waals surface area (Å²) in [7, 11) is 0. The second-order valence-corrected chi connectivity index (χ2v) is 7.11. The van der Waals surface area contributed by atoms with E-state index in [-0.39, 0.29) is 6.10 Å². The maximum Gasteiger partial charge on any atom is 0.0580 e. The Morgan fingerprint density at radius 1 is 1.32 bits per heavy atom. The topological polar surface area (TPSA) is 32.3 Å². The number of benzene rings is 1. The number of nitrogens with one attached hydrogen (secondary N) is 1. The van der Waals surface area contributed by atoms with Crippen LogP contribution in [0.25, 0.3) is 0 Å². The van der Waals surface area contributed by atoms with Crippen LogP contribution in [0.1, 0.15) is 37.3 Å². The lowest BCUT2D eigenvalue weighted by Crippen LogP contribution is -2.32. The van der Waals surface area contributed by atoms with Crippen molar-refractivity contribution in [2.75, 3.05) is 12.3 Å². The highest BCUT2D eigenvalue weighted by molar-refractivity contribution is 7.99. The zero-order valence-electron chi connectivity index (χ0n) is 10.9. The van der Waals surface area contributed by atoms with Gasteiger partial charge in [-0.1, -0.05) is 18.0 Å². The van der Waals surface area contributed by atoms with Crippen LogP contribution in [-0.2, 0) is 0 Å². The van der Waals surface area contributed by atoms with Crippen molar-refractivity contribution in [1.29, 1.82) is 0 Å². The largest absolute Gasteiger partial charge is 0.393 e. The molecule has 2 nitrogen and oxygen atoms in total. The molecule has 2 aliphatic rings. The minimum absolute atomic E-state index is 0.107. The zero-order valence-corrected chi connectivity index (χ0v) is 12.5. The number of rotatable bonds is 3. The van der Waals surface area contributed by atoms with Crippen LogP contribution in [0, 0.1) is 5.92 Å². The fourth-order valence-corrected chi connectivity index (χ4v) is 4.41. The van der Waals surface area contributed by atoms with E-state index in [1.165, 1.54) is 10.5 Å². The Balaban J connectivity index is 1.67. The fraction of sp³-hybridized carbons (Fsp3) is 0.600. The first-order valence-electron chi connectivity index (χ1n) is 7.08. The van der Waals surface area contributed by atoms with Crippen LogP contribution < -0.4 is 5.32 Å². The van der Waals surface area contributed by atoms with Gasteiger partial charge in [0.25, 0.3) is 0 Å². The van der Waals surface area contributed by atoms with E-state index in [0.29, 0.717) is 12.0 Å². The van der Waals surface area contributed by atoms with Crippen molar-refractivity contribution in [3.05, 3.63) is 28.8 Å². The highest BCUT2D eigenvalue weighted by Crippen LogP contribution is 2.38. The Bertz CT molecular complexity index is 454. The summed E-state index contributed by atoms with van der Waals surface area (Å²) in [6.07, 6.45) is 4.31. The first-order chi connectivity index (χ1) is 9.24. The molecule has 1 aromatic carbocycles. The van der Waals surface area contributed by atoms with Gasteiger partial charge in [-0.05, 0) is 54.7 Å². The second-order valence-electron chi connectivity index (χ2n) is 5.54. The molecule has 1 aromatic rings. The van der Waals surface area contributed by atoms with Gasteiger partial charge in [0.1, 0.15) is 0 Å². The maximum atomic E-state index is 9.89. The van der Waals surface area contributed by atoms with Crippen molar-refractivity contribution in [3.8, 4) is 0 Å². The molecule has 1 heterocycles. The highest BCUT2D eigenvalue weighted by Gasteiger charge is 2.27. The van der Waals surface area contributed by atoms with Crippen molar-refractivity contribution >= 4 is 23.4 Å². The third-order valence-corrected chi connectivity index (χ3v) is 5.61. The summed E-state index contributed by atoms with van der Waals surface area (Å²) in [5, 5.41) is 14.4. The molecule has 0 radical (unpaired) electrons. The fourth-order valence-electron chi connectivity index (χ4n) is 3.13. The van der Waals surface area contributed by atoms with Crippen LogP contribution in [0.15, 0.2) is 23.1 Å². The summed E-state index contributed by atoms with van der Waals surface area (Å²) in [5.74, 6) is 1.58. The van der Waals surface area contributed by atoms with E-state index in [2.05, 4.69) is 17.4 Å². The third-order valence-electron chi connectivity index (χ3n) is 4.26. The summed E-state index contributed by atoms with van der Waals surface area (Å²) in [4.78, 5) is 1.35. The average Bonchev–Trinajstić information content (AvgIpc) is 2.82. The lowest BCUT2D eigenvalue weighted by Gasteiger charge is -2.28. The lowest BCUT2D eigenvalue weighted by molar-refractivity contribution is 0.129. The molecule has 1 saturated carbocycles. The van der Waals surface area contributed by atoms with Gasteiger partial charge in [0.15, 0.2) is 0 Å². The average molecular weight is 298 g/mol. The van der Waals surface area contributed by atoms with E-state index in [0.717, 1.165) is 43.0 Å². The Labute approximate surface area is 123 Å². The molecule has 0 saturated heterocycles. The van der Waals surface area contributed by atoms with Crippen LogP contribution in [0.3, 0.4) is 0 Å². The molecular formula is C15H20ClNOS. The van der Waals surface area contributed by atoms with Gasteiger partial charge in [-0.25, -0.2) is 0 Å². The van der Waals surface area contributed by atoms with Crippen LogP contribution in [0.2, 0.25) is 5.02 Å². The molecule has 19 heavy (non-hydrogen) atoms. The number of hydrogen-bond donors (Lipinski definition) is 2. The molecule has 4 heteroatoms. The van der Waals surface area contributed by atoms with Gasteiger partial charge >= 0.3 is 0 Å². The number of thioether (sulfide) groups is 1. The molecule has 0 aromatic heterocycles. The molecule has 3 atom stereocenters. The van der Waals surface area contributed by atoms with Crippen molar-refractivity contribution in [2.45, 2.75) is 42.7 Å². The van der Waals surface area contributed by atoms with Crippen LogP contribution in [-0.4, -0.2) is 23.5 Å². The van der Waals surface area contributed by atoms with Crippen molar-refractivity contribution in [3.63, 3.8) is 0 Å². The molecule has 2 N–H and O–H groups in total.